The molecule has 0 saturated heterocycles. The lowest BCUT2D eigenvalue weighted by Gasteiger charge is -2.26. The van der Waals surface area contributed by atoms with E-state index in [2.05, 4.69) is 47.8 Å². The van der Waals surface area contributed by atoms with Crippen LogP contribution in [0.3, 0.4) is 0 Å². The third-order valence-corrected chi connectivity index (χ3v) is 2.82. The molecule has 0 atom stereocenters. The van der Waals surface area contributed by atoms with Gasteiger partial charge in [0.2, 0.25) is 0 Å². The second-order valence-electron chi connectivity index (χ2n) is 4.28. The molecule has 1 aliphatic rings. The molecule has 2 rings (SSSR count). The first-order valence-electron chi connectivity index (χ1n) is 5.73. The maximum Gasteiger partial charge on any atom is 0.0588 e. The van der Waals surface area contributed by atoms with Crippen molar-refractivity contribution in [2.75, 3.05) is 6.54 Å². The van der Waals surface area contributed by atoms with Gasteiger partial charge in [-0.2, -0.15) is 0 Å². The fraction of sp³-hybridized carbons (Fsp3) is 0.385. The minimum absolute atomic E-state index is 0.612. The molecule has 3 N–H and O–H groups in total. The third-order valence-electron chi connectivity index (χ3n) is 2.82. The number of hydrogen-bond donors (Lipinski definition) is 2. The molecule has 0 fully saturated rings. The Morgan fingerprint density at radius 3 is 2.56 bits per heavy atom. The molecule has 0 unspecified atom stereocenters. The fourth-order valence-electron chi connectivity index (χ4n) is 1.85. The number of nitrogens with zero attached hydrogens (tertiary/aromatic N) is 1. The Morgan fingerprint density at radius 1 is 1.25 bits per heavy atom. The van der Waals surface area contributed by atoms with E-state index in [9.17, 15) is 0 Å². The van der Waals surface area contributed by atoms with E-state index in [0.29, 0.717) is 6.54 Å². The highest BCUT2D eigenvalue weighted by Gasteiger charge is 2.06. The van der Waals surface area contributed by atoms with Crippen LogP contribution in [0.2, 0.25) is 0 Å². The van der Waals surface area contributed by atoms with Gasteiger partial charge in [0, 0.05) is 19.3 Å². The molecule has 1 aromatic rings. The summed E-state index contributed by atoms with van der Waals surface area (Å²) < 4.78 is 0. The molecule has 3 heteroatoms. The zero-order valence-electron chi connectivity index (χ0n) is 9.74. The molecule has 86 valence electrons. The molecule has 0 saturated carbocycles. The Labute approximate surface area is 96.9 Å². The predicted molar refractivity (Wildman–Crippen MR) is 66.3 cm³/mol. The van der Waals surface area contributed by atoms with Crippen LogP contribution in [-0.4, -0.2) is 11.6 Å². The predicted octanol–water partition coefficient (Wildman–Crippen LogP) is 1.76. The molecule has 0 radical (unpaired) electrons. The van der Waals surface area contributed by atoms with E-state index in [1.54, 1.807) is 0 Å². The van der Waals surface area contributed by atoms with Gasteiger partial charge in [-0.1, -0.05) is 29.8 Å². The van der Waals surface area contributed by atoms with Gasteiger partial charge in [-0.3, -0.25) is 0 Å². The summed E-state index contributed by atoms with van der Waals surface area (Å²) in [4.78, 5) is 0. The quantitative estimate of drug-likeness (QED) is 0.810. The van der Waals surface area contributed by atoms with Crippen LogP contribution < -0.4 is 11.2 Å². The summed E-state index contributed by atoms with van der Waals surface area (Å²) in [5, 5.41) is 2.15. The Morgan fingerprint density at radius 2 is 1.94 bits per heavy atom. The summed E-state index contributed by atoms with van der Waals surface area (Å²) in [6.07, 6.45) is 3.32. The van der Waals surface area contributed by atoms with Crippen molar-refractivity contribution in [3.05, 3.63) is 47.2 Å². The molecule has 1 aliphatic heterocycles. The molecular formula is C13H19N3. The summed E-state index contributed by atoms with van der Waals surface area (Å²) in [6, 6.07) is 8.47. The van der Waals surface area contributed by atoms with Crippen molar-refractivity contribution >= 4 is 0 Å². The minimum Gasteiger partial charge on any atom is -0.326 e. The standard InChI is InChI=1S/C13H19N3/c1-11-6-7-15-16(9-11)10-13-4-2-12(8-14)3-5-13/h2-5,9,15H,6-8,10,14H2,1H3. The Balaban J connectivity index is 2.00. The van der Waals surface area contributed by atoms with E-state index in [-0.39, 0.29) is 0 Å². The van der Waals surface area contributed by atoms with Crippen molar-refractivity contribution < 1.29 is 0 Å². The van der Waals surface area contributed by atoms with E-state index in [1.165, 1.54) is 16.7 Å². The molecule has 1 aromatic carbocycles. The summed E-state index contributed by atoms with van der Waals surface area (Å²) in [5.41, 5.74) is 12.8. The van der Waals surface area contributed by atoms with Crippen molar-refractivity contribution in [1.29, 1.82) is 0 Å². The van der Waals surface area contributed by atoms with Gasteiger partial charge in [0.15, 0.2) is 0 Å². The van der Waals surface area contributed by atoms with E-state index in [1.807, 2.05) is 0 Å². The second-order valence-corrected chi connectivity index (χ2v) is 4.28. The molecule has 0 aliphatic carbocycles. The number of hydrazine groups is 1. The first-order chi connectivity index (χ1) is 7.78. The lowest BCUT2D eigenvalue weighted by Crippen LogP contribution is -2.36. The summed E-state index contributed by atoms with van der Waals surface area (Å²) >= 11 is 0. The zero-order valence-corrected chi connectivity index (χ0v) is 9.74. The average Bonchev–Trinajstić information content (AvgIpc) is 2.30. The van der Waals surface area contributed by atoms with Gasteiger partial charge < -0.3 is 10.7 Å². The van der Waals surface area contributed by atoms with Crippen LogP contribution in [0.1, 0.15) is 24.5 Å². The smallest absolute Gasteiger partial charge is 0.0588 e. The van der Waals surface area contributed by atoms with Crippen molar-refractivity contribution in [3.8, 4) is 0 Å². The van der Waals surface area contributed by atoms with Crippen LogP contribution in [-0.2, 0) is 13.1 Å². The van der Waals surface area contributed by atoms with Gasteiger partial charge in [-0.05, 0) is 24.5 Å². The topological polar surface area (TPSA) is 41.3 Å². The maximum atomic E-state index is 5.57. The van der Waals surface area contributed by atoms with Crippen LogP contribution in [0.4, 0.5) is 0 Å². The van der Waals surface area contributed by atoms with E-state index in [0.717, 1.165) is 19.5 Å². The summed E-state index contributed by atoms with van der Waals surface area (Å²) in [7, 11) is 0. The normalized spacial score (nSPS) is 16.1. The Bertz CT molecular complexity index is 367. The van der Waals surface area contributed by atoms with E-state index >= 15 is 0 Å². The first kappa shape index (κ1) is 11.2. The van der Waals surface area contributed by atoms with Crippen LogP contribution in [0.15, 0.2) is 36.0 Å². The molecule has 1 heterocycles. The second kappa shape index (κ2) is 5.14. The van der Waals surface area contributed by atoms with Gasteiger partial charge in [-0.25, -0.2) is 5.43 Å². The fourth-order valence-corrected chi connectivity index (χ4v) is 1.85. The summed E-state index contributed by atoms with van der Waals surface area (Å²) in [5.74, 6) is 0. The monoisotopic (exact) mass is 217 g/mol. The first-order valence-corrected chi connectivity index (χ1v) is 5.73. The number of benzene rings is 1. The van der Waals surface area contributed by atoms with Crippen LogP contribution in [0.25, 0.3) is 0 Å². The van der Waals surface area contributed by atoms with Crippen molar-refractivity contribution in [3.63, 3.8) is 0 Å². The molecular weight excluding hydrogens is 198 g/mol. The van der Waals surface area contributed by atoms with Gasteiger partial charge in [0.25, 0.3) is 0 Å². The van der Waals surface area contributed by atoms with E-state index in [4.69, 9.17) is 5.73 Å². The Kier molecular flexibility index (Phi) is 3.59. The van der Waals surface area contributed by atoms with Crippen LogP contribution >= 0.6 is 0 Å². The van der Waals surface area contributed by atoms with Crippen LogP contribution in [0, 0.1) is 0 Å². The molecule has 16 heavy (non-hydrogen) atoms. The molecule has 0 spiro atoms. The zero-order chi connectivity index (χ0) is 11.4. The highest BCUT2D eigenvalue weighted by atomic mass is 15.5. The molecule has 0 bridgehead atoms. The van der Waals surface area contributed by atoms with Crippen molar-refractivity contribution in [1.82, 2.24) is 10.4 Å². The highest BCUT2D eigenvalue weighted by Crippen LogP contribution is 2.11. The van der Waals surface area contributed by atoms with Crippen LogP contribution in [0.5, 0.6) is 0 Å². The molecule has 0 aromatic heterocycles. The van der Waals surface area contributed by atoms with Gasteiger partial charge in [-0.15, -0.1) is 0 Å². The van der Waals surface area contributed by atoms with E-state index < -0.39 is 0 Å². The van der Waals surface area contributed by atoms with Gasteiger partial charge in [0.1, 0.15) is 0 Å². The minimum atomic E-state index is 0.612. The molecule has 3 nitrogen and oxygen atoms in total. The number of rotatable bonds is 3. The SMILES string of the molecule is CC1=CN(Cc2ccc(CN)cc2)NCC1. The average molecular weight is 217 g/mol. The lowest BCUT2D eigenvalue weighted by molar-refractivity contribution is 0.247. The highest BCUT2D eigenvalue weighted by molar-refractivity contribution is 5.22. The maximum absolute atomic E-state index is 5.57. The Hall–Kier alpha value is -1.32. The number of nitrogens with two attached hydrogens (primary N) is 1. The lowest BCUT2D eigenvalue weighted by atomic mass is 10.1. The third kappa shape index (κ3) is 2.84. The van der Waals surface area contributed by atoms with Gasteiger partial charge >= 0.3 is 0 Å². The largest absolute Gasteiger partial charge is 0.326 e. The number of nitrogens with one attached hydrogen (secondary N) is 1. The van der Waals surface area contributed by atoms with Crippen molar-refractivity contribution in [2.45, 2.75) is 26.4 Å². The van der Waals surface area contributed by atoms with Gasteiger partial charge in [0.05, 0.1) is 6.54 Å². The molecule has 0 amide bonds. The summed E-state index contributed by atoms with van der Waals surface area (Å²) in [6.45, 7) is 4.72. The van der Waals surface area contributed by atoms with Crippen molar-refractivity contribution in [2.24, 2.45) is 5.73 Å². The number of hydrogen-bond acceptors (Lipinski definition) is 3.